The molecule has 26 heavy (non-hydrogen) atoms. The topological polar surface area (TPSA) is 0 Å². The summed E-state index contributed by atoms with van der Waals surface area (Å²) in [5, 5.41) is 0. The summed E-state index contributed by atoms with van der Waals surface area (Å²) in [4.78, 5) is 0. The lowest BCUT2D eigenvalue weighted by molar-refractivity contribution is 0.945. The maximum Gasteiger partial charge on any atom is -0.00645 e. The Hall–Kier alpha value is -2.60. The van der Waals surface area contributed by atoms with Crippen LogP contribution in [-0.4, -0.2) is 0 Å². The summed E-state index contributed by atoms with van der Waals surface area (Å²) in [6, 6.07) is 13.8. The van der Waals surface area contributed by atoms with Gasteiger partial charge in [-0.05, 0) is 82.6 Å². The second-order valence-electron chi connectivity index (χ2n) is 8.11. The molecule has 4 aliphatic rings. The molecule has 2 aromatic rings. The minimum Gasteiger partial charge on any atom is -0.0804 e. The zero-order valence-corrected chi connectivity index (χ0v) is 15.1. The lowest BCUT2D eigenvalue weighted by Gasteiger charge is -2.26. The van der Waals surface area contributed by atoms with Gasteiger partial charge in [0.15, 0.2) is 0 Å². The third-order valence-electron chi connectivity index (χ3n) is 6.49. The molecule has 0 heteroatoms. The van der Waals surface area contributed by atoms with Crippen molar-refractivity contribution in [3.05, 3.63) is 94.1 Å². The Morgan fingerprint density at radius 1 is 0.885 bits per heavy atom. The fourth-order valence-corrected chi connectivity index (χ4v) is 5.17. The normalized spacial score (nSPS) is 24.4. The van der Waals surface area contributed by atoms with Crippen molar-refractivity contribution in [3.8, 4) is 11.1 Å². The first kappa shape index (κ1) is 14.6. The molecule has 0 saturated heterocycles. The van der Waals surface area contributed by atoms with Crippen LogP contribution in [0.4, 0.5) is 0 Å². The van der Waals surface area contributed by atoms with Crippen LogP contribution in [0.15, 0.2) is 71.8 Å². The summed E-state index contributed by atoms with van der Waals surface area (Å²) in [5.74, 6) is 1.43. The third kappa shape index (κ3) is 1.96. The number of allylic oxidation sites excluding steroid dienone is 7. The van der Waals surface area contributed by atoms with E-state index in [1.54, 1.807) is 16.7 Å². The van der Waals surface area contributed by atoms with E-state index in [2.05, 4.69) is 73.7 Å². The molecule has 0 spiro atoms. The third-order valence-corrected chi connectivity index (χ3v) is 6.49. The predicted molar refractivity (Wildman–Crippen MR) is 110 cm³/mol. The van der Waals surface area contributed by atoms with E-state index in [0.717, 1.165) is 18.8 Å². The molecule has 0 amide bonds. The second-order valence-corrected chi connectivity index (χ2v) is 8.11. The number of aryl methyl sites for hydroxylation is 1. The Morgan fingerprint density at radius 2 is 1.77 bits per heavy atom. The van der Waals surface area contributed by atoms with Gasteiger partial charge >= 0.3 is 0 Å². The van der Waals surface area contributed by atoms with Crippen LogP contribution in [0.25, 0.3) is 22.8 Å². The highest BCUT2D eigenvalue weighted by Gasteiger charge is 2.48. The van der Waals surface area contributed by atoms with Crippen LogP contribution in [0.1, 0.15) is 47.4 Å². The lowest BCUT2D eigenvalue weighted by atomic mass is 9.77. The molecule has 2 unspecified atom stereocenters. The number of fused-ring (bicyclic) bond motifs is 3. The molecule has 0 aliphatic heterocycles. The smallest absolute Gasteiger partial charge is 0.00645 e. The standard InChI is InChI=1S/C26H22/c1-16-9-11-17(12-10-16)20-14-13-19-7-4-6-18-5-2-3-8-21-22-15-23(22)26(20)25(19)24(18)21/h3-5,7-14,22-23H,2,6,15H2,1H3. The Kier molecular flexibility index (Phi) is 2.91. The van der Waals surface area contributed by atoms with E-state index >= 15 is 0 Å². The molecule has 6 rings (SSSR count). The summed E-state index contributed by atoms with van der Waals surface area (Å²) in [5.41, 5.74) is 13.4. The minimum atomic E-state index is 0.704. The van der Waals surface area contributed by atoms with Crippen molar-refractivity contribution in [2.24, 2.45) is 5.92 Å². The average molecular weight is 334 g/mol. The Morgan fingerprint density at radius 3 is 2.65 bits per heavy atom. The van der Waals surface area contributed by atoms with Crippen molar-refractivity contribution in [1.82, 2.24) is 0 Å². The zero-order chi connectivity index (χ0) is 17.3. The summed E-state index contributed by atoms with van der Waals surface area (Å²) in [7, 11) is 0. The first-order valence-electron chi connectivity index (χ1n) is 9.82. The van der Waals surface area contributed by atoms with E-state index in [1.807, 2.05) is 0 Å². The van der Waals surface area contributed by atoms with Crippen LogP contribution < -0.4 is 0 Å². The Bertz CT molecular complexity index is 1050. The average Bonchev–Trinajstić information content (AvgIpc) is 3.46. The van der Waals surface area contributed by atoms with Crippen molar-refractivity contribution in [1.29, 1.82) is 0 Å². The second kappa shape index (κ2) is 5.20. The maximum atomic E-state index is 2.45. The van der Waals surface area contributed by atoms with Gasteiger partial charge in [-0.15, -0.1) is 0 Å². The van der Waals surface area contributed by atoms with Gasteiger partial charge in [0.2, 0.25) is 0 Å². The molecule has 0 radical (unpaired) electrons. The SMILES string of the molecule is Cc1ccc(-c2ccc3c4c2C2CC2C2=C4C(=CCC=C2)CC=C3)cc1. The van der Waals surface area contributed by atoms with Gasteiger partial charge in [0, 0.05) is 0 Å². The summed E-state index contributed by atoms with van der Waals surface area (Å²) in [6.45, 7) is 2.17. The molecule has 0 aromatic heterocycles. The van der Waals surface area contributed by atoms with Crippen LogP contribution >= 0.6 is 0 Å². The molecular weight excluding hydrogens is 312 g/mol. The number of rotatable bonds is 1. The minimum absolute atomic E-state index is 0.704. The van der Waals surface area contributed by atoms with Crippen LogP contribution in [0.2, 0.25) is 0 Å². The molecule has 0 heterocycles. The fraction of sp³-hybridized carbons (Fsp3) is 0.231. The van der Waals surface area contributed by atoms with Crippen molar-refractivity contribution < 1.29 is 0 Å². The van der Waals surface area contributed by atoms with Crippen molar-refractivity contribution in [3.63, 3.8) is 0 Å². The quantitative estimate of drug-likeness (QED) is 0.536. The molecule has 2 atom stereocenters. The highest BCUT2D eigenvalue weighted by molar-refractivity contribution is 5.96. The van der Waals surface area contributed by atoms with Crippen molar-refractivity contribution >= 4 is 11.6 Å². The highest BCUT2D eigenvalue weighted by Crippen LogP contribution is 2.63. The van der Waals surface area contributed by atoms with Gasteiger partial charge in [-0.2, -0.15) is 0 Å². The Balaban J connectivity index is 1.68. The van der Waals surface area contributed by atoms with E-state index in [1.165, 1.54) is 39.8 Å². The monoisotopic (exact) mass is 334 g/mol. The molecule has 0 bridgehead atoms. The van der Waals surface area contributed by atoms with Gasteiger partial charge in [0.05, 0.1) is 0 Å². The molecule has 126 valence electrons. The van der Waals surface area contributed by atoms with Crippen molar-refractivity contribution in [2.75, 3.05) is 0 Å². The molecule has 4 aliphatic carbocycles. The predicted octanol–water partition coefficient (Wildman–Crippen LogP) is 6.84. The van der Waals surface area contributed by atoms with Crippen LogP contribution in [0.3, 0.4) is 0 Å². The molecule has 0 N–H and O–H groups in total. The zero-order valence-electron chi connectivity index (χ0n) is 15.1. The first-order chi connectivity index (χ1) is 12.8. The van der Waals surface area contributed by atoms with Crippen LogP contribution in [-0.2, 0) is 0 Å². The lowest BCUT2D eigenvalue weighted by Crippen LogP contribution is -2.08. The Labute approximate surface area is 155 Å². The van der Waals surface area contributed by atoms with Gasteiger partial charge in [0.1, 0.15) is 0 Å². The van der Waals surface area contributed by atoms with E-state index in [9.17, 15) is 0 Å². The first-order valence-corrected chi connectivity index (χ1v) is 9.82. The summed E-state index contributed by atoms with van der Waals surface area (Å²) < 4.78 is 0. The maximum absolute atomic E-state index is 2.45. The number of hydrogen-bond donors (Lipinski definition) is 0. The van der Waals surface area contributed by atoms with Gasteiger partial charge in [-0.3, -0.25) is 0 Å². The molecule has 1 fully saturated rings. The molecular formula is C26H22. The van der Waals surface area contributed by atoms with Gasteiger partial charge in [-0.1, -0.05) is 72.3 Å². The largest absolute Gasteiger partial charge is 0.0804 e. The van der Waals surface area contributed by atoms with Gasteiger partial charge in [-0.25, -0.2) is 0 Å². The summed E-state index contributed by atoms with van der Waals surface area (Å²) in [6.07, 6.45) is 15.4. The molecule has 2 aromatic carbocycles. The molecule has 1 saturated carbocycles. The van der Waals surface area contributed by atoms with Crippen LogP contribution in [0, 0.1) is 12.8 Å². The number of hydrogen-bond acceptors (Lipinski definition) is 0. The van der Waals surface area contributed by atoms with E-state index in [0.29, 0.717) is 5.92 Å². The van der Waals surface area contributed by atoms with Gasteiger partial charge in [0.25, 0.3) is 0 Å². The van der Waals surface area contributed by atoms with E-state index < -0.39 is 0 Å². The fourth-order valence-electron chi connectivity index (χ4n) is 5.17. The number of benzene rings is 2. The van der Waals surface area contributed by atoms with E-state index in [4.69, 9.17) is 0 Å². The van der Waals surface area contributed by atoms with Crippen LogP contribution in [0.5, 0.6) is 0 Å². The van der Waals surface area contributed by atoms with E-state index in [-0.39, 0.29) is 0 Å². The van der Waals surface area contributed by atoms with Crippen molar-refractivity contribution in [2.45, 2.75) is 32.1 Å². The molecule has 0 nitrogen and oxygen atoms in total. The van der Waals surface area contributed by atoms with Gasteiger partial charge < -0.3 is 0 Å². The highest BCUT2D eigenvalue weighted by atomic mass is 14.5. The summed E-state index contributed by atoms with van der Waals surface area (Å²) >= 11 is 0.